The molecule has 0 bridgehead atoms. The predicted molar refractivity (Wildman–Crippen MR) is 51.6 cm³/mol. The third kappa shape index (κ3) is 1.10. The summed E-state index contributed by atoms with van der Waals surface area (Å²) < 4.78 is 1.29. The monoisotopic (exact) mass is 211 g/mol. The number of halogens is 1. The minimum Gasteiger partial charge on any atom is -0.478 e. The molecule has 2 aromatic heterocycles. The highest BCUT2D eigenvalue weighted by atomic mass is 35.5. The molecule has 72 valence electrons. The molecule has 2 heterocycles. The van der Waals surface area contributed by atoms with Crippen molar-refractivity contribution >= 4 is 28.8 Å². The second kappa shape index (κ2) is 2.88. The maximum atomic E-state index is 10.8. The van der Waals surface area contributed by atoms with Crippen LogP contribution < -0.4 is 5.73 Å². The van der Waals surface area contributed by atoms with Gasteiger partial charge < -0.3 is 10.8 Å². The van der Waals surface area contributed by atoms with Crippen LogP contribution in [0.15, 0.2) is 18.3 Å². The molecule has 0 fully saturated rings. The minimum absolute atomic E-state index is 0.0463. The summed E-state index contributed by atoms with van der Waals surface area (Å²) in [4.78, 5) is 10.8. The average molecular weight is 212 g/mol. The number of fused-ring (bicyclic) bond motifs is 1. The van der Waals surface area contributed by atoms with Crippen molar-refractivity contribution in [2.24, 2.45) is 0 Å². The number of nitrogens with zero attached hydrogens (tertiary/aromatic N) is 2. The van der Waals surface area contributed by atoms with Crippen LogP contribution in [-0.2, 0) is 0 Å². The van der Waals surface area contributed by atoms with Gasteiger partial charge in [-0.25, -0.2) is 9.31 Å². The number of carbonyl (C=O) groups is 1. The van der Waals surface area contributed by atoms with Gasteiger partial charge in [-0.3, -0.25) is 0 Å². The Bertz CT molecular complexity index is 521. The highest BCUT2D eigenvalue weighted by molar-refractivity contribution is 6.30. The number of aromatic carboxylic acids is 1. The van der Waals surface area contributed by atoms with Crippen molar-refractivity contribution in [3.05, 3.63) is 29.0 Å². The van der Waals surface area contributed by atoms with E-state index in [0.29, 0.717) is 16.4 Å². The molecular weight excluding hydrogens is 206 g/mol. The molecule has 2 rings (SSSR count). The molecule has 0 aromatic carbocycles. The Balaban J connectivity index is 2.90. The fourth-order valence-corrected chi connectivity index (χ4v) is 1.44. The summed E-state index contributed by atoms with van der Waals surface area (Å²) in [7, 11) is 0. The van der Waals surface area contributed by atoms with Gasteiger partial charge in [0.25, 0.3) is 0 Å². The first-order valence-electron chi connectivity index (χ1n) is 3.76. The van der Waals surface area contributed by atoms with Gasteiger partial charge in [0.15, 0.2) is 0 Å². The fraction of sp³-hybridized carbons (Fsp3) is 0. The van der Waals surface area contributed by atoms with Gasteiger partial charge in [0.1, 0.15) is 16.2 Å². The van der Waals surface area contributed by atoms with Crippen molar-refractivity contribution < 1.29 is 9.90 Å². The van der Waals surface area contributed by atoms with E-state index in [1.807, 2.05) is 0 Å². The van der Waals surface area contributed by atoms with Crippen LogP contribution in [0.5, 0.6) is 0 Å². The number of nitrogens with two attached hydrogens (primary N) is 1. The van der Waals surface area contributed by atoms with Crippen LogP contribution >= 0.6 is 11.6 Å². The standard InChI is InChI=1S/C8H6ClN3O2/c9-6-2-1-5(10)7-4(8(13)14)3-11-12(6)7/h1-3H,10H2,(H,13,14). The first-order chi connectivity index (χ1) is 6.61. The highest BCUT2D eigenvalue weighted by Gasteiger charge is 2.14. The van der Waals surface area contributed by atoms with E-state index in [2.05, 4.69) is 5.10 Å². The zero-order valence-electron chi connectivity index (χ0n) is 6.94. The summed E-state index contributed by atoms with van der Waals surface area (Å²) in [6, 6.07) is 3.11. The Morgan fingerprint density at radius 1 is 1.57 bits per heavy atom. The van der Waals surface area contributed by atoms with Gasteiger partial charge in [0.2, 0.25) is 0 Å². The second-order valence-electron chi connectivity index (χ2n) is 2.74. The lowest BCUT2D eigenvalue weighted by molar-refractivity contribution is 0.0699. The van der Waals surface area contributed by atoms with Gasteiger partial charge in [-0.1, -0.05) is 11.6 Å². The van der Waals surface area contributed by atoms with E-state index < -0.39 is 5.97 Å². The average Bonchev–Trinajstić information content (AvgIpc) is 2.56. The highest BCUT2D eigenvalue weighted by Crippen LogP contribution is 2.22. The predicted octanol–water partition coefficient (Wildman–Crippen LogP) is 1.27. The number of pyridine rings is 1. The van der Waals surface area contributed by atoms with Gasteiger partial charge in [-0.15, -0.1) is 0 Å². The van der Waals surface area contributed by atoms with Crippen molar-refractivity contribution in [1.82, 2.24) is 9.61 Å². The first-order valence-corrected chi connectivity index (χ1v) is 4.14. The number of anilines is 1. The van der Waals surface area contributed by atoms with Gasteiger partial charge in [-0.05, 0) is 12.1 Å². The van der Waals surface area contributed by atoms with Crippen molar-refractivity contribution in [2.45, 2.75) is 0 Å². The molecular formula is C8H6ClN3O2. The molecule has 0 saturated heterocycles. The van der Waals surface area contributed by atoms with Gasteiger partial charge >= 0.3 is 5.97 Å². The third-order valence-corrected chi connectivity index (χ3v) is 2.16. The van der Waals surface area contributed by atoms with E-state index in [0.717, 1.165) is 0 Å². The maximum Gasteiger partial charge on any atom is 0.339 e. The molecule has 6 heteroatoms. The number of aromatic nitrogens is 2. The Hall–Kier alpha value is -1.75. The van der Waals surface area contributed by atoms with Crippen molar-refractivity contribution in [1.29, 1.82) is 0 Å². The molecule has 0 aliphatic rings. The van der Waals surface area contributed by atoms with Crippen molar-refractivity contribution in [2.75, 3.05) is 5.73 Å². The molecule has 0 saturated carbocycles. The lowest BCUT2D eigenvalue weighted by Crippen LogP contribution is -1.99. The van der Waals surface area contributed by atoms with Crippen molar-refractivity contribution in [3.8, 4) is 0 Å². The number of nitrogen functional groups attached to an aromatic ring is 1. The van der Waals surface area contributed by atoms with Crippen LogP contribution in [-0.4, -0.2) is 20.7 Å². The number of carboxylic acids is 1. The first kappa shape index (κ1) is 8.83. The summed E-state index contributed by atoms with van der Waals surface area (Å²) in [6.07, 6.45) is 1.22. The molecule has 3 N–H and O–H groups in total. The number of rotatable bonds is 1. The summed E-state index contributed by atoms with van der Waals surface area (Å²) >= 11 is 5.80. The molecule has 5 nitrogen and oxygen atoms in total. The lowest BCUT2D eigenvalue weighted by Gasteiger charge is -2.00. The fourth-order valence-electron chi connectivity index (χ4n) is 1.25. The molecule has 14 heavy (non-hydrogen) atoms. The largest absolute Gasteiger partial charge is 0.478 e. The van der Waals surface area contributed by atoms with Crippen LogP contribution in [0.25, 0.3) is 5.52 Å². The topological polar surface area (TPSA) is 80.6 Å². The van der Waals surface area contributed by atoms with E-state index in [1.165, 1.54) is 10.7 Å². The van der Waals surface area contributed by atoms with Gasteiger partial charge in [0.05, 0.1) is 11.9 Å². The van der Waals surface area contributed by atoms with Crippen LogP contribution in [0.1, 0.15) is 10.4 Å². The van der Waals surface area contributed by atoms with Crippen molar-refractivity contribution in [3.63, 3.8) is 0 Å². The molecule has 0 aliphatic heterocycles. The Kier molecular flexibility index (Phi) is 1.82. The Labute approximate surface area is 83.7 Å². The SMILES string of the molecule is Nc1ccc(Cl)n2ncc(C(=O)O)c12. The zero-order valence-corrected chi connectivity index (χ0v) is 7.69. The molecule has 2 aromatic rings. The van der Waals surface area contributed by atoms with Crippen LogP contribution in [0.3, 0.4) is 0 Å². The van der Waals surface area contributed by atoms with E-state index in [4.69, 9.17) is 22.4 Å². The summed E-state index contributed by atoms with van der Waals surface area (Å²) in [5, 5.41) is 13.0. The molecule has 0 aliphatic carbocycles. The van der Waals surface area contributed by atoms with Gasteiger partial charge in [0, 0.05) is 0 Å². The summed E-state index contributed by atoms with van der Waals surface area (Å²) in [6.45, 7) is 0. The van der Waals surface area contributed by atoms with Crippen LogP contribution in [0.2, 0.25) is 5.15 Å². The smallest absolute Gasteiger partial charge is 0.339 e. The molecule has 0 radical (unpaired) electrons. The maximum absolute atomic E-state index is 10.8. The Morgan fingerprint density at radius 3 is 2.93 bits per heavy atom. The van der Waals surface area contributed by atoms with Gasteiger partial charge in [-0.2, -0.15) is 5.10 Å². The number of hydrogen-bond donors (Lipinski definition) is 2. The second-order valence-corrected chi connectivity index (χ2v) is 3.12. The molecule has 0 atom stereocenters. The molecule has 0 amide bonds. The molecule has 0 unspecified atom stereocenters. The Morgan fingerprint density at radius 2 is 2.29 bits per heavy atom. The summed E-state index contributed by atoms with van der Waals surface area (Å²) in [5.41, 5.74) is 6.33. The minimum atomic E-state index is -1.08. The third-order valence-electron chi connectivity index (χ3n) is 1.88. The van der Waals surface area contributed by atoms with Crippen LogP contribution in [0, 0.1) is 0 Å². The van der Waals surface area contributed by atoms with E-state index >= 15 is 0 Å². The normalized spacial score (nSPS) is 10.6. The van der Waals surface area contributed by atoms with E-state index in [-0.39, 0.29) is 5.56 Å². The summed E-state index contributed by atoms with van der Waals surface area (Å²) in [5.74, 6) is -1.08. The molecule has 0 spiro atoms. The van der Waals surface area contributed by atoms with E-state index in [9.17, 15) is 4.79 Å². The zero-order chi connectivity index (χ0) is 10.3. The van der Waals surface area contributed by atoms with E-state index in [1.54, 1.807) is 12.1 Å². The quantitative estimate of drug-likeness (QED) is 0.696. The number of carboxylic acid groups (broad SMARTS) is 1. The van der Waals surface area contributed by atoms with Crippen LogP contribution in [0.4, 0.5) is 5.69 Å². The lowest BCUT2D eigenvalue weighted by atomic mass is 10.2. The number of hydrogen-bond acceptors (Lipinski definition) is 3.